The van der Waals surface area contributed by atoms with Gasteiger partial charge in [0, 0.05) is 5.69 Å². The number of hydrogen-bond donors (Lipinski definition) is 1. The average Bonchev–Trinajstić information content (AvgIpc) is 2.50. The molecule has 1 aliphatic rings. The van der Waals surface area contributed by atoms with E-state index in [0.29, 0.717) is 18.5 Å². The van der Waals surface area contributed by atoms with E-state index >= 15 is 0 Å². The Kier molecular flexibility index (Phi) is 4.05. The number of rotatable bonds is 2. The third-order valence-electron chi connectivity index (χ3n) is 3.83. The highest BCUT2D eigenvalue weighted by Gasteiger charge is 2.39. The summed E-state index contributed by atoms with van der Waals surface area (Å²) in [4.78, 5) is 25.6. The zero-order valence-corrected chi connectivity index (χ0v) is 12.6. The number of fused-ring (bicyclic) bond motifs is 1. The van der Waals surface area contributed by atoms with Gasteiger partial charge in [-0.05, 0) is 29.9 Å². The first-order valence-electron chi connectivity index (χ1n) is 7.11. The van der Waals surface area contributed by atoms with E-state index in [9.17, 15) is 14.7 Å². The Hall–Kier alpha value is -1.88. The minimum atomic E-state index is -1.26. The Morgan fingerprint density at radius 2 is 2.00 bits per heavy atom. The van der Waals surface area contributed by atoms with E-state index in [1.54, 1.807) is 32.9 Å². The highest BCUT2D eigenvalue weighted by Crippen LogP contribution is 2.34. The number of amides is 1. The van der Waals surface area contributed by atoms with Crippen LogP contribution >= 0.6 is 0 Å². The van der Waals surface area contributed by atoms with E-state index in [1.165, 1.54) is 4.90 Å². The number of para-hydroxylation sites is 1. The second kappa shape index (κ2) is 5.48. The van der Waals surface area contributed by atoms with Crippen LogP contribution in [0.3, 0.4) is 0 Å². The Balaban J connectivity index is 2.61. The van der Waals surface area contributed by atoms with Crippen molar-refractivity contribution in [2.24, 2.45) is 11.1 Å². The summed E-state index contributed by atoms with van der Waals surface area (Å²) in [7, 11) is 0. The van der Waals surface area contributed by atoms with Crippen LogP contribution in [0.2, 0.25) is 0 Å². The second-order valence-corrected chi connectivity index (χ2v) is 6.57. The predicted molar refractivity (Wildman–Crippen MR) is 78.5 cm³/mol. The van der Waals surface area contributed by atoms with Crippen LogP contribution in [0.25, 0.3) is 0 Å². The summed E-state index contributed by atoms with van der Waals surface area (Å²) in [5.74, 6) is -1.62. The average molecular weight is 289 g/mol. The van der Waals surface area contributed by atoms with Gasteiger partial charge in [-0.25, -0.2) is 0 Å². The lowest BCUT2D eigenvalue weighted by atomic mass is 9.85. The molecule has 1 aromatic carbocycles. The molecule has 0 aliphatic carbocycles. The summed E-state index contributed by atoms with van der Waals surface area (Å²) in [6.07, 6.45) is 1.17. The van der Waals surface area contributed by atoms with Gasteiger partial charge in [0.05, 0.1) is 18.1 Å². The van der Waals surface area contributed by atoms with Crippen LogP contribution in [0.4, 0.5) is 5.69 Å². The maximum absolute atomic E-state index is 12.6. The lowest BCUT2D eigenvalue weighted by molar-refractivity contribution is -0.309. The Bertz CT molecular complexity index is 563. The van der Waals surface area contributed by atoms with E-state index in [2.05, 4.69) is 0 Å². The molecule has 1 heterocycles. The molecule has 0 fully saturated rings. The van der Waals surface area contributed by atoms with Crippen LogP contribution in [0.5, 0.6) is 0 Å². The molecule has 21 heavy (non-hydrogen) atoms. The standard InChI is InChI=1S/C16H22N2O3/c1-16(2,3)13(15(20)21)18-12-7-5-4-6-10(12)8-9-11(17)14(18)19/h4-7,11,13H,8-9,17H2,1-3H3,(H,20,21)/p-1/t11?,13-/m1/s1. The SMILES string of the molecule is CC(C)(C)[C@@H](C(=O)[O-])N1C(=O)C(N)CCc2ccccc21. The van der Waals surface area contributed by atoms with Gasteiger partial charge in [-0.15, -0.1) is 0 Å². The molecule has 2 rings (SSSR count). The van der Waals surface area contributed by atoms with Crippen LogP contribution in [0.1, 0.15) is 32.8 Å². The normalized spacial score (nSPS) is 20.7. The summed E-state index contributed by atoms with van der Waals surface area (Å²) in [6, 6.07) is 5.60. The molecular formula is C16H21N2O3-. The fourth-order valence-electron chi connectivity index (χ4n) is 2.80. The highest BCUT2D eigenvalue weighted by atomic mass is 16.4. The third kappa shape index (κ3) is 2.93. The second-order valence-electron chi connectivity index (χ2n) is 6.57. The minimum absolute atomic E-state index is 0.357. The van der Waals surface area contributed by atoms with Gasteiger partial charge in [0.25, 0.3) is 0 Å². The number of carbonyl (C=O) groups excluding carboxylic acids is 2. The zero-order chi connectivity index (χ0) is 15.8. The van der Waals surface area contributed by atoms with Gasteiger partial charge < -0.3 is 20.5 Å². The molecule has 0 aromatic heterocycles. The Morgan fingerprint density at radius 1 is 1.38 bits per heavy atom. The molecule has 1 aliphatic heterocycles. The minimum Gasteiger partial charge on any atom is -0.548 e. The molecule has 0 bridgehead atoms. The molecule has 1 unspecified atom stereocenters. The Morgan fingerprint density at radius 3 is 2.57 bits per heavy atom. The van der Waals surface area contributed by atoms with E-state index < -0.39 is 23.5 Å². The van der Waals surface area contributed by atoms with Crippen molar-refractivity contribution in [2.75, 3.05) is 4.90 Å². The van der Waals surface area contributed by atoms with Gasteiger partial charge in [-0.1, -0.05) is 39.0 Å². The fraction of sp³-hybridized carbons (Fsp3) is 0.500. The summed E-state index contributed by atoms with van der Waals surface area (Å²) >= 11 is 0. The molecule has 114 valence electrons. The van der Waals surface area contributed by atoms with Crippen molar-refractivity contribution in [3.8, 4) is 0 Å². The van der Waals surface area contributed by atoms with E-state index in [0.717, 1.165) is 5.56 Å². The number of carboxylic acid groups (broad SMARTS) is 1. The fourth-order valence-corrected chi connectivity index (χ4v) is 2.80. The molecule has 0 saturated carbocycles. The zero-order valence-electron chi connectivity index (χ0n) is 12.6. The molecule has 5 heteroatoms. The van der Waals surface area contributed by atoms with E-state index in [-0.39, 0.29) is 5.91 Å². The number of benzene rings is 1. The van der Waals surface area contributed by atoms with Crippen LogP contribution in [-0.4, -0.2) is 24.0 Å². The number of nitrogens with zero attached hydrogens (tertiary/aromatic N) is 1. The number of aliphatic carboxylic acids is 1. The summed E-state index contributed by atoms with van der Waals surface area (Å²) in [6.45, 7) is 5.33. The largest absolute Gasteiger partial charge is 0.548 e. The molecule has 0 spiro atoms. The van der Waals surface area contributed by atoms with Crippen molar-refractivity contribution in [1.29, 1.82) is 0 Å². The summed E-state index contributed by atoms with van der Waals surface area (Å²) < 4.78 is 0. The quantitative estimate of drug-likeness (QED) is 0.857. The molecule has 1 amide bonds. The van der Waals surface area contributed by atoms with Crippen molar-refractivity contribution in [3.05, 3.63) is 29.8 Å². The lowest BCUT2D eigenvalue weighted by Gasteiger charge is -2.41. The van der Waals surface area contributed by atoms with Gasteiger partial charge >= 0.3 is 0 Å². The van der Waals surface area contributed by atoms with Crippen LogP contribution in [0, 0.1) is 5.41 Å². The topological polar surface area (TPSA) is 86.5 Å². The van der Waals surface area contributed by atoms with Gasteiger partial charge in [-0.3, -0.25) is 4.79 Å². The highest BCUT2D eigenvalue weighted by molar-refractivity contribution is 6.03. The predicted octanol–water partition coefficient (Wildman–Crippen LogP) is 0.458. The molecule has 0 saturated heterocycles. The smallest absolute Gasteiger partial charge is 0.244 e. The maximum Gasteiger partial charge on any atom is 0.244 e. The summed E-state index contributed by atoms with van der Waals surface area (Å²) in [5, 5.41) is 11.7. The van der Waals surface area contributed by atoms with Gasteiger partial charge in [0.2, 0.25) is 5.91 Å². The first kappa shape index (κ1) is 15.5. The van der Waals surface area contributed by atoms with Crippen LogP contribution < -0.4 is 15.7 Å². The van der Waals surface area contributed by atoms with Crippen molar-refractivity contribution < 1.29 is 14.7 Å². The van der Waals surface area contributed by atoms with Crippen molar-refractivity contribution in [2.45, 2.75) is 45.7 Å². The number of aryl methyl sites for hydroxylation is 1. The van der Waals surface area contributed by atoms with Gasteiger partial charge in [0.15, 0.2) is 0 Å². The van der Waals surface area contributed by atoms with Gasteiger partial charge in [0.1, 0.15) is 0 Å². The number of carbonyl (C=O) groups is 2. The van der Waals surface area contributed by atoms with Crippen molar-refractivity contribution in [3.63, 3.8) is 0 Å². The number of carboxylic acids is 1. The molecule has 1 aromatic rings. The van der Waals surface area contributed by atoms with Crippen molar-refractivity contribution in [1.82, 2.24) is 0 Å². The number of hydrogen-bond acceptors (Lipinski definition) is 4. The first-order chi connectivity index (χ1) is 9.73. The Labute approximate surface area is 124 Å². The third-order valence-corrected chi connectivity index (χ3v) is 3.83. The maximum atomic E-state index is 12.6. The number of anilines is 1. The first-order valence-corrected chi connectivity index (χ1v) is 7.11. The van der Waals surface area contributed by atoms with Crippen molar-refractivity contribution >= 4 is 17.6 Å². The van der Waals surface area contributed by atoms with Crippen LogP contribution in [-0.2, 0) is 16.0 Å². The molecule has 2 N–H and O–H groups in total. The van der Waals surface area contributed by atoms with E-state index in [4.69, 9.17) is 5.73 Å². The van der Waals surface area contributed by atoms with E-state index in [1.807, 2.05) is 12.1 Å². The monoisotopic (exact) mass is 289 g/mol. The number of nitrogens with two attached hydrogens (primary N) is 1. The lowest BCUT2D eigenvalue weighted by Crippen LogP contribution is -2.59. The van der Waals surface area contributed by atoms with Gasteiger partial charge in [-0.2, -0.15) is 0 Å². The molecule has 5 nitrogen and oxygen atoms in total. The molecule has 0 radical (unpaired) electrons. The summed E-state index contributed by atoms with van der Waals surface area (Å²) in [5.41, 5.74) is 6.83. The molecular weight excluding hydrogens is 268 g/mol. The molecule has 2 atom stereocenters. The van der Waals surface area contributed by atoms with Crippen LogP contribution in [0.15, 0.2) is 24.3 Å².